The Hall–Kier alpha value is -0.560. The molecular formula is C20H34O. The second-order valence-electron chi connectivity index (χ2n) is 8.44. The average molecular weight is 290 g/mol. The van der Waals surface area contributed by atoms with Crippen LogP contribution in [-0.4, -0.2) is 10.7 Å². The van der Waals surface area contributed by atoms with Crippen LogP contribution in [0.2, 0.25) is 0 Å². The first-order chi connectivity index (χ1) is 9.72. The SMILES string of the molecule is CC1=CCC2(C)CCC(C(C)(C)O)C2CCC(C)=CCC1. The Kier molecular flexibility index (Phi) is 5.03. The average Bonchev–Trinajstić information content (AvgIpc) is 2.70. The highest BCUT2D eigenvalue weighted by molar-refractivity contribution is 5.10. The molecule has 1 heteroatoms. The summed E-state index contributed by atoms with van der Waals surface area (Å²) in [5.74, 6) is 1.09. The van der Waals surface area contributed by atoms with E-state index in [4.69, 9.17) is 0 Å². The van der Waals surface area contributed by atoms with Gasteiger partial charge >= 0.3 is 0 Å². The normalized spacial score (nSPS) is 35.5. The van der Waals surface area contributed by atoms with Crippen LogP contribution in [0.15, 0.2) is 23.3 Å². The molecule has 0 heterocycles. The van der Waals surface area contributed by atoms with E-state index in [1.165, 1.54) is 56.1 Å². The summed E-state index contributed by atoms with van der Waals surface area (Å²) >= 11 is 0. The fraction of sp³-hybridized carbons (Fsp3) is 0.800. The van der Waals surface area contributed by atoms with Gasteiger partial charge in [0, 0.05) is 0 Å². The zero-order valence-corrected chi connectivity index (χ0v) is 14.7. The van der Waals surface area contributed by atoms with E-state index in [9.17, 15) is 5.11 Å². The van der Waals surface area contributed by atoms with E-state index in [0.717, 1.165) is 0 Å². The van der Waals surface area contributed by atoms with E-state index < -0.39 is 5.60 Å². The highest BCUT2D eigenvalue weighted by Crippen LogP contribution is 2.55. The van der Waals surface area contributed by atoms with Crippen molar-refractivity contribution in [2.24, 2.45) is 17.3 Å². The Labute approximate surface area is 131 Å². The van der Waals surface area contributed by atoms with Crippen LogP contribution in [0.4, 0.5) is 0 Å². The molecule has 0 aromatic heterocycles. The van der Waals surface area contributed by atoms with Crippen molar-refractivity contribution >= 4 is 0 Å². The number of hydrogen-bond donors (Lipinski definition) is 1. The largest absolute Gasteiger partial charge is 0.390 e. The van der Waals surface area contributed by atoms with Crippen LogP contribution in [-0.2, 0) is 0 Å². The first-order valence-corrected chi connectivity index (χ1v) is 8.76. The van der Waals surface area contributed by atoms with Crippen molar-refractivity contribution < 1.29 is 5.11 Å². The monoisotopic (exact) mass is 290 g/mol. The molecule has 2 aliphatic carbocycles. The maximum Gasteiger partial charge on any atom is 0.0622 e. The highest BCUT2D eigenvalue weighted by atomic mass is 16.3. The summed E-state index contributed by atoms with van der Waals surface area (Å²) in [6, 6.07) is 0. The molecule has 0 aromatic rings. The zero-order chi connectivity index (χ0) is 15.7. The van der Waals surface area contributed by atoms with Gasteiger partial charge in [-0.3, -0.25) is 0 Å². The minimum Gasteiger partial charge on any atom is -0.390 e. The molecule has 2 aliphatic rings. The van der Waals surface area contributed by atoms with Crippen LogP contribution in [0, 0.1) is 17.3 Å². The van der Waals surface area contributed by atoms with Crippen LogP contribution in [0.5, 0.6) is 0 Å². The van der Waals surface area contributed by atoms with Gasteiger partial charge in [-0.2, -0.15) is 0 Å². The predicted octanol–water partition coefficient (Wildman–Crippen LogP) is 5.65. The van der Waals surface area contributed by atoms with E-state index in [1.807, 2.05) is 13.8 Å². The molecule has 3 unspecified atom stereocenters. The van der Waals surface area contributed by atoms with Crippen LogP contribution in [0.25, 0.3) is 0 Å². The van der Waals surface area contributed by atoms with Gasteiger partial charge in [0.15, 0.2) is 0 Å². The molecule has 21 heavy (non-hydrogen) atoms. The third-order valence-corrected chi connectivity index (χ3v) is 6.11. The molecule has 0 amide bonds. The maximum absolute atomic E-state index is 10.6. The van der Waals surface area contributed by atoms with E-state index in [-0.39, 0.29) is 0 Å². The van der Waals surface area contributed by atoms with Gasteiger partial charge in [-0.1, -0.05) is 30.2 Å². The molecular weight excluding hydrogens is 256 g/mol. The van der Waals surface area contributed by atoms with Gasteiger partial charge in [-0.15, -0.1) is 0 Å². The molecule has 2 rings (SSSR count). The first kappa shape index (κ1) is 16.8. The Bertz CT molecular complexity index is 424. The van der Waals surface area contributed by atoms with Gasteiger partial charge in [0.2, 0.25) is 0 Å². The molecule has 1 nitrogen and oxygen atoms in total. The van der Waals surface area contributed by atoms with Crippen molar-refractivity contribution in [3.8, 4) is 0 Å². The van der Waals surface area contributed by atoms with Crippen LogP contribution in [0.3, 0.4) is 0 Å². The lowest BCUT2D eigenvalue weighted by atomic mass is 9.69. The molecule has 1 fully saturated rings. The number of fused-ring (bicyclic) bond motifs is 1. The molecule has 120 valence electrons. The van der Waals surface area contributed by atoms with Crippen LogP contribution in [0.1, 0.15) is 79.6 Å². The second-order valence-corrected chi connectivity index (χ2v) is 8.44. The number of aliphatic hydroxyl groups is 1. The van der Waals surface area contributed by atoms with Crippen molar-refractivity contribution in [2.75, 3.05) is 0 Å². The fourth-order valence-corrected chi connectivity index (χ4v) is 4.55. The molecule has 0 spiro atoms. The van der Waals surface area contributed by atoms with Gasteiger partial charge in [-0.25, -0.2) is 0 Å². The third kappa shape index (κ3) is 4.00. The van der Waals surface area contributed by atoms with E-state index in [1.54, 1.807) is 0 Å². The van der Waals surface area contributed by atoms with E-state index in [2.05, 4.69) is 32.9 Å². The molecule has 3 atom stereocenters. The maximum atomic E-state index is 10.6. The Balaban J connectivity index is 2.28. The summed E-state index contributed by atoms with van der Waals surface area (Å²) in [5.41, 5.74) is 2.90. The van der Waals surface area contributed by atoms with E-state index in [0.29, 0.717) is 17.3 Å². The topological polar surface area (TPSA) is 20.2 Å². The molecule has 0 bridgehead atoms. The van der Waals surface area contributed by atoms with Crippen molar-refractivity contribution in [1.82, 2.24) is 0 Å². The lowest BCUT2D eigenvalue weighted by Gasteiger charge is -2.38. The van der Waals surface area contributed by atoms with Gasteiger partial charge in [-0.05, 0) is 89.9 Å². The van der Waals surface area contributed by atoms with Gasteiger partial charge < -0.3 is 5.11 Å². The molecule has 0 aliphatic heterocycles. The zero-order valence-electron chi connectivity index (χ0n) is 14.7. The van der Waals surface area contributed by atoms with Crippen molar-refractivity contribution in [3.63, 3.8) is 0 Å². The summed E-state index contributed by atoms with van der Waals surface area (Å²) in [5, 5.41) is 10.6. The highest BCUT2D eigenvalue weighted by Gasteiger charge is 2.48. The lowest BCUT2D eigenvalue weighted by Crippen LogP contribution is -2.37. The minimum absolute atomic E-state index is 0.372. The number of hydrogen-bond acceptors (Lipinski definition) is 1. The number of allylic oxidation sites excluding steroid dienone is 4. The first-order valence-electron chi connectivity index (χ1n) is 8.76. The summed E-state index contributed by atoms with van der Waals surface area (Å²) in [6.07, 6.45) is 13.4. The fourth-order valence-electron chi connectivity index (χ4n) is 4.55. The lowest BCUT2D eigenvalue weighted by molar-refractivity contribution is -0.0162. The van der Waals surface area contributed by atoms with Crippen LogP contribution >= 0.6 is 0 Å². The molecule has 0 aromatic carbocycles. The van der Waals surface area contributed by atoms with Gasteiger partial charge in [0.05, 0.1) is 5.60 Å². The summed E-state index contributed by atoms with van der Waals surface area (Å²) in [7, 11) is 0. The minimum atomic E-state index is -0.543. The Morgan fingerprint density at radius 2 is 1.76 bits per heavy atom. The molecule has 1 saturated carbocycles. The molecule has 0 saturated heterocycles. The summed E-state index contributed by atoms with van der Waals surface area (Å²) in [4.78, 5) is 0. The quantitative estimate of drug-likeness (QED) is 0.619. The van der Waals surface area contributed by atoms with Crippen LogP contribution < -0.4 is 0 Å². The van der Waals surface area contributed by atoms with Crippen molar-refractivity contribution in [3.05, 3.63) is 23.3 Å². The molecule has 0 radical (unpaired) electrons. The van der Waals surface area contributed by atoms with E-state index >= 15 is 0 Å². The smallest absolute Gasteiger partial charge is 0.0622 e. The number of rotatable bonds is 1. The van der Waals surface area contributed by atoms with Gasteiger partial charge in [0.25, 0.3) is 0 Å². The third-order valence-electron chi connectivity index (χ3n) is 6.11. The van der Waals surface area contributed by atoms with Crippen molar-refractivity contribution in [1.29, 1.82) is 0 Å². The predicted molar refractivity (Wildman–Crippen MR) is 91.2 cm³/mol. The summed E-state index contributed by atoms with van der Waals surface area (Å²) < 4.78 is 0. The standard InChI is InChI=1S/C20H34O/c1-15-7-6-8-16(2)11-13-20(5)14-12-17(19(3,4)21)18(20)10-9-15/h7,11,17-18,21H,6,8-10,12-14H2,1-5H3. The summed E-state index contributed by atoms with van der Waals surface area (Å²) in [6.45, 7) is 11.0. The second kappa shape index (κ2) is 6.28. The Morgan fingerprint density at radius 3 is 2.43 bits per heavy atom. The van der Waals surface area contributed by atoms with Gasteiger partial charge in [0.1, 0.15) is 0 Å². The Morgan fingerprint density at radius 1 is 1.10 bits per heavy atom. The van der Waals surface area contributed by atoms with Crippen molar-refractivity contribution in [2.45, 2.75) is 85.2 Å². The molecule has 1 N–H and O–H groups in total.